The number of aromatic nitrogens is 2. The highest BCUT2D eigenvalue weighted by Crippen LogP contribution is 2.24. The van der Waals surface area contributed by atoms with Crippen LogP contribution in [0.15, 0.2) is 65.6 Å². The molecule has 1 aliphatic rings. The van der Waals surface area contributed by atoms with Crippen LogP contribution < -0.4 is 0 Å². The van der Waals surface area contributed by atoms with Gasteiger partial charge in [-0.3, -0.25) is 4.90 Å². The molecule has 0 N–H and O–H groups in total. The van der Waals surface area contributed by atoms with Gasteiger partial charge in [0.2, 0.25) is 10.0 Å². The van der Waals surface area contributed by atoms with Crippen molar-refractivity contribution in [2.45, 2.75) is 31.5 Å². The fourth-order valence-electron chi connectivity index (χ4n) is 4.68. The third-order valence-electron chi connectivity index (χ3n) is 6.40. The molecule has 1 aliphatic heterocycles. The number of morpholine rings is 1. The summed E-state index contributed by atoms with van der Waals surface area (Å²) in [5.74, 6) is 0.932. The van der Waals surface area contributed by atoms with Crippen molar-refractivity contribution >= 4 is 31.8 Å². The van der Waals surface area contributed by atoms with Crippen molar-refractivity contribution in [2.24, 2.45) is 0 Å². The van der Waals surface area contributed by atoms with E-state index in [-0.39, 0.29) is 0 Å². The summed E-state index contributed by atoms with van der Waals surface area (Å²) in [6, 6.07) is 20.2. The lowest BCUT2D eigenvalue weighted by molar-refractivity contribution is 0.0730. The van der Waals surface area contributed by atoms with Gasteiger partial charge in [0.15, 0.2) is 0 Å². The smallest absolute Gasteiger partial charge is 0.243 e. The van der Waals surface area contributed by atoms with Crippen LogP contribution in [0.2, 0.25) is 0 Å². The van der Waals surface area contributed by atoms with Crippen LogP contribution in [0.25, 0.3) is 21.8 Å². The number of fused-ring (bicyclic) bond motifs is 2. The minimum Gasteiger partial charge on any atom is -0.379 e. The monoisotopic (exact) mass is 478 g/mol. The van der Waals surface area contributed by atoms with E-state index in [4.69, 9.17) is 9.72 Å². The Bertz CT molecular complexity index is 1420. The van der Waals surface area contributed by atoms with Gasteiger partial charge in [-0.15, -0.1) is 0 Å². The summed E-state index contributed by atoms with van der Waals surface area (Å²) in [5, 5.41) is 2.48. The van der Waals surface area contributed by atoms with Crippen molar-refractivity contribution in [3.63, 3.8) is 0 Å². The summed E-state index contributed by atoms with van der Waals surface area (Å²) >= 11 is 0. The van der Waals surface area contributed by atoms with E-state index in [9.17, 15) is 8.42 Å². The van der Waals surface area contributed by atoms with E-state index >= 15 is 0 Å². The summed E-state index contributed by atoms with van der Waals surface area (Å²) in [7, 11) is -1.47. The lowest BCUT2D eigenvalue weighted by Crippen LogP contribution is -2.40. The predicted molar refractivity (Wildman–Crippen MR) is 134 cm³/mol. The van der Waals surface area contributed by atoms with E-state index in [1.807, 2.05) is 6.07 Å². The summed E-state index contributed by atoms with van der Waals surface area (Å²) < 4.78 is 35.2. The second-order valence-electron chi connectivity index (χ2n) is 8.79. The number of hydrogen-bond donors (Lipinski definition) is 0. The van der Waals surface area contributed by atoms with Crippen LogP contribution >= 0.6 is 0 Å². The van der Waals surface area contributed by atoms with E-state index < -0.39 is 10.0 Å². The van der Waals surface area contributed by atoms with Gasteiger partial charge in [0, 0.05) is 26.2 Å². The maximum atomic E-state index is 13.1. The van der Waals surface area contributed by atoms with Crippen LogP contribution in [-0.4, -0.2) is 60.5 Å². The zero-order chi connectivity index (χ0) is 23.7. The minimum absolute atomic E-state index is 0.290. The van der Waals surface area contributed by atoms with E-state index in [2.05, 4.69) is 65.9 Å². The average molecular weight is 479 g/mol. The first-order valence-corrected chi connectivity index (χ1v) is 13.1. The molecule has 4 aromatic rings. The number of nitrogens with zero attached hydrogens (tertiary/aromatic N) is 4. The summed E-state index contributed by atoms with van der Waals surface area (Å²) in [5.41, 5.74) is 2.92. The highest BCUT2D eigenvalue weighted by molar-refractivity contribution is 7.89. The van der Waals surface area contributed by atoms with Gasteiger partial charge in [-0.25, -0.2) is 13.4 Å². The van der Waals surface area contributed by atoms with Gasteiger partial charge in [0.1, 0.15) is 5.82 Å². The van der Waals surface area contributed by atoms with E-state index in [0.717, 1.165) is 24.4 Å². The normalized spacial score (nSPS) is 15.5. The number of imidazole rings is 1. The van der Waals surface area contributed by atoms with E-state index in [1.165, 1.54) is 20.6 Å². The molecule has 0 atom stereocenters. The maximum Gasteiger partial charge on any atom is 0.243 e. The SMILES string of the molecule is CCn1c(CN(C)Cc2ccc3ccccc3c2)nc2cc(S(=O)(=O)N3CCOCC3)ccc21. The van der Waals surface area contributed by atoms with Gasteiger partial charge in [0.05, 0.1) is 35.7 Å². The second kappa shape index (κ2) is 9.46. The number of ether oxygens (including phenoxy) is 1. The minimum atomic E-state index is -3.55. The molecule has 0 amide bonds. The highest BCUT2D eigenvalue weighted by atomic mass is 32.2. The molecule has 34 heavy (non-hydrogen) atoms. The molecule has 1 fully saturated rings. The van der Waals surface area contributed by atoms with Crippen molar-refractivity contribution in [2.75, 3.05) is 33.4 Å². The van der Waals surface area contributed by atoms with Gasteiger partial charge in [0.25, 0.3) is 0 Å². The largest absolute Gasteiger partial charge is 0.379 e. The molecule has 8 heteroatoms. The molecular weight excluding hydrogens is 448 g/mol. The zero-order valence-electron chi connectivity index (χ0n) is 19.6. The molecule has 7 nitrogen and oxygen atoms in total. The molecule has 1 aromatic heterocycles. The molecule has 1 saturated heterocycles. The third-order valence-corrected chi connectivity index (χ3v) is 8.30. The van der Waals surface area contributed by atoms with Crippen molar-refractivity contribution in [1.29, 1.82) is 0 Å². The van der Waals surface area contributed by atoms with Gasteiger partial charge in [-0.2, -0.15) is 4.31 Å². The first kappa shape index (κ1) is 23.0. The van der Waals surface area contributed by atoms with Crippen LogP contribution in [0.3, 0.4) is 0 Å². The number of aryl methyl sites for hydroxylation is 1. The molecule has 0 radical (unpaired) electrons. The first-order chi connectivity index (χ1) is 16.5. The molecule has 0 saturated carbocycles. The molecular formula is C26H30N4O3S. The highest BCUT2D eigenvalue weighted by Gasteiger charge is 2.27. The third kappa shape index (κ3) is 4.46. The summed E-state index contributed by atoms with van der Waals surface area (Å²) in [6.45, 7) is 5.95. The maximum absolute atomic E-state index is 13.1. The second-order valence-corrected chi connectivity index (χ2v) is 10.7. The Balaban J connectivity index is 1.39. The molecule has 0 bridgehead atoms. The molecule has 0 aliphatic carbocycles. The predicted octanol–water partition coefficient (Wildman–Crippen LogP) is 3.86. The Morgan fingerprint density at radius 3 is 2.50 bits per heavy atom. The van der Waals surface area contributed by atoms with Crippen molar-refractivity contribution in [3.8, 4) is 0 Å². The average Bonchev–Trinajstić information content (AvgIpc) is 3.20. The van der Waals surface area contributed by atoms with Gasteiger partial charge in [-0.05, 0) is 54.6 Å². The van der Waals surface area contributed by atoms with Crippen LogP contribution in [0.4, 0.5) is 0 Å². The zero-order valence-corrected chi connectivity index (χ0v) is 20.5. The Morgan fingerprint density at radius 2 is 1.74 bits per heavy atom. The Morgan fingerprint density at radius 1 is 0.971 bits per heavy atom. The molecule has 0 unspecified atom stereocenters. The van der Waals surface area contributed by atoms with Crippen molar-refractivity contribution in [3.05, 3.63) is 72.1 Å². The van der Waals surface area contributed by atoms with Crippen LogP contribution in [0.1, 0.15) is 18.3 Å². The number of sulfonamides is 1. The molecule has 0 spiro atoms. The Hall–Kier alpha value is -2.78. The van der Waals surface area contributed by atoms with E-state index in [1.54, 1.807) is 12.1 Å². The summed E-state index contributed by atoms with van der Waals surface area (Å²) in [6.07, 6.45) is 0. The molecule has 5 rings (SSSR count). The van der Waals surface area contributed by atoms with Crippen LogP contribution in [0.5, 0.6) is 0 Å². The van der Waals surface area contributed by atoms with Gasteiger partial charge < -0.3 is 9.30 Å². The lowest BCUT2D eigenvalue weighted by Gasteiger charge is -2.26. The lowest BCUT2D eigenvalue weighted by atomic mass is 10.1. The quantitative estimate of drug-likeness (QED) is 0.404. The van der Waals surface area contributed by atoms with Crippen LogP contribution in [-0.2, 0) is 34.4 Å². The first-order valence-electron chi connectivity index (χ1n) is 11.7. The van der Waals surface area contributed by atoms with Crippen molar-refractivity contribution in [1.82, 2.24) is 18.8 Å². The topological polar surface area (TPSA) is 67.7 Å². The number of benzene rings is 3. The van der Waals surface area contributed by atoms with E-state index in [0.29, 0.717) is 43.3 Å². The van der Waals surface area contributed by atoms with Crippen molar-refractivity contribution < 1.29 is 13.2 Å². The van der Waals surface area contributed by atoms with Gasteiger partial charge >= 0.3 is 0 Å². The Labute approximate surface area is 200 Å². The number of rotatable bonds is 7. The fraction of sp³-hybridized carbons (Fsp3) is 0.346. The van der Waals surface area contributed by atoms with Gasteiger partial charge in [-0.1, -0.05) is 36.4 Å². The molecule has 2 heterocycles. The Kier molecular flexibility index (Phi) is 6.40. The number of hydrogen-bond acceptors (Lipinski definition) is 5. The van der Waals surface area contributed by atoms with Crippen LogP contribution in [0, 0.1) is 0 Å². The summed E-state index contributed by atoms with van der Waals surface area (Å²) in [4.78, 5) is 7.38. The molecule has 3 aromatic carbocycles. The fourth-order valence-corrected chi connectivity index (χ4v) is 6.10. The standard InChI is InChI=1S/C26H30N4O3S/c1-3-30-25-11-10-23(34(31,32)29-12-14-33-15-13-29)17-24(25)27-26(30)19-28(2)18-20-8-9-21-6-4-5-7-22(21)16-20/h4-11,16-17H,3,12-15,18-19H2,1-2H3. The molecule has 178 valence electrons.